The highest BCUT2D eigenvalue weighted by molar-refractivity contribution is 7.13. The van der Waals surface area contributed by atoms with E-state index in [-0.39, 0.29) is 5.97 Å². The van der Waals surface area contributed by atoms with E-state index in [9.17, 15) is 4.79 Å². The largest absolute Gasteiger partial charge is 0.461 e. The molecular formula is C17H17N3O2S. The van der Waals surface area contributed by atoms with Gasteiger partial charge in [-0.3, -0.25) is 4.98 Å². The molecule has 118 valence electrons. The number of esters is 1. The van der Waals surface area contributed by atoms with Gasteiger partial charge in [0.2, 0.25) is 0 Å². The summed E-state index contributed by atoms with van der Waals surface area (Å²) in [6.07, 6.45) is 3.50. The molecule has 0 aliphatic carbocycles. The maximum Gasteiger partial charge on any atom is 0.355 e. The Bertz CT molecular complexity index is 837. The third-order valence-corrected chi connectivity index (χ3v) is 4.50. The third kappa shape index (κ3) is 2.90. The summed E-state index contributed by atoms with van der Waals surface area (Å²) >= 11 is 1.57. The van der Waals surface area contributed by atoms with Gasteiger partial charge in [0.05, 0.1) is 12.3 Å². The molecule has 0 radical (unpaired) electrons. The second kappa shape index (κ2) is 6.34. The quantitative estimate of drug-likeness (QED) is 0.736. The lowest BCUT2D eigenvalue weighted by atomic mass is 10.1. The molecule has 3 aromatic heterocycles. The monoisotopic (exact) mass is 327 g/mol. The topological polar surface area (TPSA) is 67.9 Å². The van der Waals surface area contributed by atoms with Crippen LogP contribution in [0.4, 0.5) is 0 Å². The number of H-pyrrole nitrogens is 1. The molecule has 23 heavy (non-hydrogen) atoms. The highest BCUT2D eigenvalue weighted by Crippen LogP contribution is 2.33. The summed E-state index contributed by atoms with van der Waals surface area (Å²) in [5, 5.41) is 2.94. The summed E-state index contributed by atoms with van der Waals surface area (Å²) in [6, 6.07) is 3.87. The van der Waals surface area contributed by atoms with Crippen LogP contribution in [-0.4, -0.2) is 27.5 Å². The fourth-order valence-corrected chi connectivity index (χ4v) is 3.37. The standard InChI is InChI=1S/C17H17N3O2S/c1-4-22-17(21)15-10(2)14(11(3)19-15)13-9-23-16(20-13)12-5-7-18-8-6-12/h5-9,19H,4H2,1-3H3. The highest BCUT2D eigenvalue weighted by atomic mass is 32.1. The normalized spacial score (nSPS) is 10.7. The molecule has 0 spiro atoms. The summed E-state index contributed by atoms with van der Waals surface area (Å²) in [5.41, 5.74) is 5.14. The molecule has 3 aromatic rings. The molecule has 0 saturated carbocycles. The van der Waals surface area contributed by atoms with Crippen molar-refractivity contribution >= 4 is 17.3 Å². The Morgan fingerprint density at radius 2 is 2.04 bits per heavy atom. The highest BCUT2D eigenvalue weighted by Gasteiger charge is 2.21. The number of hydrogen-bond donors (Lipinski definition) is 1. The first-order chi connectivity index (χ1) is 11.1. The number of aromatic nitrogens is 3. The molecule has 0 aliphatic rings. The summed E-state index contributed by atoms with van der Waals surface area (Å²) < 4.78 is 5.09. The molecule has 3 heterocycles. The van der Waals surface area contributed by atoms with E-state index < -0.39 is 0 Å². The minimum absolute atomic E-state index is 0.330. The van der Waals surface area contributed by atoms with Gasteiger partial charge in [-0.1, -0.05) is 0 Å². The Morgan fingerprint density at radius 1 is 1.30 bits per heavy atom. The van der Waals surface area contributed by atoms with Gasteiger partial charge in [0.15, 0.2) is 0 Å². The molecule has 3 rings (SSSR count). The molecule has 0 unspecified atom stereocenters. The van der Waals surface area contributed by atoms with Crippen LogP contribution in [-0.2, 0) is 4.74 Å². The maximum atomic E-state index is 12.0. The molecular weight excluding hydrogens is 310 g/mol. The number of ether oxygens (including phenoxy) is 1. The second-order valence-electron chi connectivity index (χ2n) is 5.12. The van der Waals surface area contributed by atoms with Gasteiger partial charge in [0.1, 0.15) is 10.7 Å². The number of aryl methyl sites for hydroxylation is 1. The lowest BCUT2D eigenvalue weighted by Gasteiger charge is -2.01. The van der Waals surface area contributed by atoms with Gasteiger partial charge in [-0.05, 0) is 38.5 Å². The van der Waals surface area contributed by atoms with Crippen molar-refractivity contribution in [3.05, 3.63) is 46.9 Å². The van der Waals surface area contributed by atoms with Gasteiger partial charge in [-0.2, -0.15) is 0 Å². The Morgan fingerprint density at radius 3 is 2.74 bits per heavy atom. The molecule has 5 nitrogen and oxygen atoms in total. The molecule has 0 aromatic carbocycles. The van der Waals surface area contributed by atoms with E-state index >= 15 is 0 Å². The van der Waals surface area contributed by atoms with Crippen molar-refractivity contribution in [3.63, 3.8) is 0 Å². The van der Waals surface area contributed by atoms with E-state index in [0.717, 1.165) is 33.1 Å². The van der Waals surface area contributed by atoms with Gasteiger partial charge in [-0.15, -0.1) is 11.3 Å². The average Bonchev–Trinajstić information content (AvgIpc) is 3.13. The van der Waals surface area contributed by atoms with Crippen molar-refractivity contribution in [1.82, 2.24) is 15.0 Å². The van der Waals surface area contributed by atoms with Crippen LogP contribution >= 0.6 is 11.3 Å². The van der Waals surface area contributed by atoms with E-state index in [0.29, 0.717) is 12.3 Å². The van der Waals surface area contributed by atoms with Crippen molar-refractivity contribution in [2.45, 2.75) is 20.8 Å². The van der Waals surface area contributed by atoms with E-state index in [4.69, 9.17) is 9.72 Å². The number of pyridine rings is 1. The Balaban J connectivity index is 2.00. The number of nitrogens with zero attached hydrogens (tertiary/aromatic N) is 2. The van der Waals surface area contributed by atoms with Crippen LogP contribution in [0.15, 0.2) is 29.9 Å². The second-order valence-corrected chi connectivity index (χ2v) is 5.98. The van der Waals surface area contributed by atoms with Crippen molar-refractivity contribution < 1.29 is 9.53 Å². The molecule has 1 N–H and O–H groups in total. The Hall–Kier alpha value is -2.47. The molecule has 6 heteroatoms. The first-order valence-corrected chi connectivity index (χ1v) is 8.22. The number of nitrogens with one attached hydrogen (secondary N) is 1. The number of carbonyl (C=O) groups excluding carboxylic acids is 1. The van der Waals surface area contributed by atoms with Crippen molar-refractivity contribution in [2.75, 3.05) is 6.61 Å². The minimum Gasteiger partial charge on any atom is -0.461 e. The summed E-state index contributed by atoms with van der Waals surface area (Å²) in [5.74, 6) is -0.330. The SMILES string of the molecule is CCOC(=O)c1[nH]c(C)c(-c2csc(-c3ccncc3)n2)c1C. The number of hydrogen-bond acceptors (Lipinski definition) is 5. The van der Waals surface area contributed by atoms with Crippen LogP contribution in [0.3, 0.4) is 0 Å². The number of thiazole rings is 1. The van der Waals surface area contributed by atoms with Crippen LogP contribution in [0.25, 0.3) is 21.8 Å². The maximum absolute atomic E-state index is 12.0. The molecule has 0 bridgehead atoms. The first-order valence-electron chi connectivity index (χ1n) is 7.34. The van der Waals surface area contributed by atoms with Gasteiger partial charge < -0.3 is 9.72 Å². The van der Waals surface area contributed by atoms with Crippen molar-refractivity contribution in [3.8, 4) is 21.8 Å². The fraction of sp³-hybridized carbons (Fsp3) is 0.235. The fourth-order valence-electron chi connectivity index (χ4n) is 2.56. The first kappa shape index (κ1) is 15.4. The van der Waals surface area contributed by atoms with Gasteiger partial charge in [-0.25, -0.2) is 9.78 Å². The van der Waals surface area contributed by atoms with E-state index in [1.54, 1.807) is 30.7 Å². The lowest BCUT2D eigenvalue weighted by molar-refractivity contribution is 0.0519. The Labute approximate surface area is 138 Å². The number of carbonyl (C=O) groups is 1. The number of aromatic amines is 1. The van der Waals surface area contributed by atoms with Gasteiger partial charge in [0.25, 0.3) is 0 Å². The smallest absolute Gasteiger partial charge is 0.355 e. The molecule has 0 fully saturated rings. The van der Waals surface area contributed by atoms with Crippen LogP contribution in [0.2, 0.25) is 0 Å². The predicted octanol–water partition coefficient (Wildman–Crippen LogP) is 3.99. The number of rotatable bonds is 4. The molecule has 0 atom stereocenters. The van der Waals surface area contributed by atoms with Crippen molar-refractivity contribution in [2.24, 2.45) is 0 Å². The van der Waals surface area contributed by atoms with Crippen molar-refractivity contribution in [1.29, 1.82) is 0 Å². The van der Waals surface area contributed by atoms with Crippen LogP contribution in [0.5, 0.6) is 0 Å². The van der Waals surface area contributed by atoms with E-state index in [1.807, 2.05) is 31.4 Å². The van der Waals surface area contributed by atoms with Gasteiger partial charge >= 0.3 is 5.97 Å². The predicted molar refractivity (Wildman–Crippen MR) is 90.6 cm³/mol. The molecule has 0 amide bonds. The molecule has 0 aliphatic heterocycles. The average molecular weight is 327 g/mol. The van der Waals surface area contributed by atoms with Crippen LogP contribution in [0.1, 0.15) is 28.7 Å². The van der Waals surface area contributed by atoms with E-state index in [1.165, 1.54) is 0 Å². The Kier molecular flexibility index (Phi) is 4.25. The summed E-state index contributed by atoms with van der Waals surface area (Å²) in [6.45, 7) is 6.01. The zero-order valence-electron chi connectivity index (χ0n) is 13.2. The molecule has 0 saturated heterocycles. The third-order valence-electron chi connectivity index (χ3n) is 3.60. The zero-order valence-corrected chi connectivity index (χ0v) is 14.0. The summed E-state index contributed by atoms with van der Waals surface area (Å²) in [4.78, 5) is 23.9. The minimum atomic E-state index is -0.330. The van der Waals surface area contributed by atoms with Crippen LogP contribution in [0, 0.1) is 13.8 Å². The van der Waals surface area contributed by atoms with Gasteiger partial charge in [0, 0.05) is 34.6 Å². The lowest BCUT2D eigenvalue weighted by Crippen LogP contribution is -2.06. The van der Waals surface area contributed by atoms with E-state index in [2.05, 4.69) is 9.97 Å². The zero-order chi connectivity index (χ0) is 16.4. The summed E-state index contributed by atoms with van der Waals surface area (Å²) in [7, 11) is 0. The van der Waals surface area contributed by atoms with Crippen LogP contribution < -0.4 is 0 Å².